The van der Waals surface area contributed by atoms with Gasteiger partial charge in [0.15, 0.2) is 6.29 Å². The van der Waals surface area contributed by atoms with Gasteiger partial charge in [0.2, 0.25) is 0 Å². The number of fused-ring (bicyclic) bond motifs is 1. The van der Waals surface area contributed by atoms with Crippen LogP contribution in [0.1, 0.15) is 20.7 Å². The molecule has 5 nitrogen and oxygen atoms in total. The van der Waals surface area contributed by atoms with Crippen LogP contribution in [0.5, 0.6) is 0 Å². The van der Waals surface area contributed by atoms with Crippen molar-refractivity contribution in [2.75, 3.05) is 7.11 Å². The normalized spacial score (nSPS) is 10.2. The lowest BCUT2D eigenvalue weighted by atomic mass is 10.2. The zero-order chi connectivity index (χ0) is 10.8. The molecule has 0 bridgehead atoms. The number of carbonyl (C=O) groups is 2. The number of ether oxygens (including phenoxy) is 1. The van der Waals surface area contributed by atoms with E-state index in [-0.39, 0.29) is 0 Å². The van der Waals surface area contributed by atoms with Gasteiger partial charge >= 0.3 is 5.97 Å². The minimum Gasteiger partial charge on any atom is -0.465 e. The first kappa shape index (κ1) is 9.39. The molecule has 76 valence electrons. The Hall–Kier alpha value is -2.17. The van der Waals surface area contributed by atoms with Gasteiger partial charge in [-0.25, -0.2) is 9.31 Å². The van der Waals surface area contributed by atoms with E-state index in [4.69, 9.17) is 0 Å². The summed E-state index contributed by atoms with van der Waals surface area (Å²) in [5.74, 6) is -0.501. The van der Waals surface area contributed by atoms with Gasteiger partial charge in [-0.2, -0.15) is 5.10 Å². The van der Waals surface area contributed by atoms with E-state index in [1.807, 2.05) is 0 Å². The van der Waals surface area contributed by atoms with Crippen molar-refractivity contribution in [2.45, 2.75) is 0 Å². The van der Waals surface area contributed by atoms with Crippen molar-refractivity contribution >= 4 is 17.8 Å². The van der Waals surface area contributed by atoms with Crippen molar-refractivity contribution < 1.29 is 14.3 Å². The van der Waals surface area contributed by atoms with Crippen LogP contribution >= 0.6 is 0 Å². The van der Waals surface area contributed by atoms with E-state index >= 15 is 0 Å². The summed E-state index contributed by atoms with van der Waals surface area (Å²) in [6, 6.07) is 3.31. The summed E-state index contributed by atoms with van der Waals surface area (Å²) in [5.41, 5.74) is 1.18. The van der Waals surface area contributed by atoms with Crippen molar-refractivity contribution in [1.29, 1.82) is 0 Å². The molecule has 0 aliphatic heterocycles. The Bertz CT molecular complexity index is 530. The SMILES string of the molecule is COC(=O)c1cnn2cccc(C=O)c12. The zero-order valence-corrected chi connectivity index (χ0v) is 8.01. The third kappa shape index (κ3) is 1.38. The number of pyridine rings is 1. The maximum absolute atomic E-state index is 11.4. The highest BCUT2D eigenvalue weighted by molar-refractivity contribution is 6.01. The van der Waals surface area contributed by atoms with Crippen LogP contribution in [0.4, 0.5) is 0 Å². The van der Waals surface area contributed by atoms with Gasteiger partial charge in [-0.05, 0) is 12.1 Å². The summed E-state index contributed by atoms with van der Waals surface area (Å²) in [4.78, 5) is 22.2. The van der Waals surface area contributed by atoms with Crippen LogP contribution in [-0.2, 0) is 4.74 Å². The van der Waals surface area contributed by atoms with Crippen molar-refractivity contribution in [3.63, 3.8) is 0 Å². The lowest BCUT2D eigenvalue weighted by Crippen LogP contribution is -2.02. The molecule has 0 aliphatic rings. The van der Waals surface area contributed by atoms with E-state index in [0.29, 0.717) is 22.9 Å². The highest BCUT2D eigenvalue weighted by Crippen LogP contribution is 2.15. The maximum Gasteiger partial charge on any atom is 0.341 e. The predicted molar refractivity (Wildman–Crippen MR) is 51.9 cm³/mol. The first-order chi connectivity index (χ1) is 7.27. The number of carbonyl (C=O) groups excluding carboxylic acids is 2. The topological polar surface area (TPSA) is 60.7 Å². The van der Waals surface area contributed by atoms with Gasteiger partial charge < -0.3 is 4.74 Å². The molecule has 0 aromatic carbocycles. The second kappa shape index (κ2) is 3.53. The molecule has 0 spiro atoms. The molecule has 2 aromatic rings. The van der Waals surface area contributed by atoms with E-state index in [1.54, 1.807) is 18.3 Å². The summed E-state index contributed by atoms with van der Waals surface area (Å²) in [5, 5.41) is 3.95. The number of hydrogen-bond donors (Lipinski definition) is 0. The fourth-order valence-corrected chi connectivity index (χ4v) is 1.42. The molecular weight excluding hydrogens is 196 g/mol. The summed E-state index contributed by atoms with van der Waals surface area (Å²) in [7, 11) is 1.29. The van der Waals surface area contributed by atoms with Gasteiger partial charge in [-0.1, -0.05) is 0 Å². The Morgan fingerprint density at radius 2 is 2.40 bits per heavy atom. The van der Waals surface area contributed by atoms with Crippen LogP contribution in [0.3, 0.4) is 0 Å². The number of hydrogen-bond acceptors (Lipinski definition) is 4. The average Bonchev–Trinajstić information content (AvgIpc) is 2.71. The van der Waals surface area contributed by atoms with Gasteiger partial charge in [-0.3, -0.25) is 4.79 Å². The summed E-state index contributed by atoms with van der Waals surface area (Å²) in [6.45, 7) is 0. The third-order valence-corrected chi connectivity index (χ3v) is 2.10. The van der Waals surface area contributed by atoms with E-state index in [1.165, 1.54) is 17.8 Å². The zero-order valence-electron chi connectivity index (χ0n) is 8.01. The predicted octanol–water partition coefficient (Wildman–Crippen LogP) is 0.933. The average molecular weight is 204 g/mol. The highest BCUT2D eigenvalue weighted by Gasteiger charge is 2.15. The van der Waals surface area contributed by atoms with E-state index in [9.17, 15) is 9.59 Å². The smallest absolute Gasteiger partial charge is 0.341 e. The second-order valence-electron chi connectivity index (χ2n) is 2.92. The number of rotatable bonds is 2. The van der Waals surface area contributed by atoms with Gasteiger partial charge in [0.05, 0.1) is 18.8 Å². The first-order valence-corrected chi connectivity index (χ1v) is 4.27. The Morgan fingerprint density at radius 3 is 3.07 bits per heavy atom. The van der Waals surface area contributed by atoms with Crippen LogP contribution in [0, 0.1) is 0 Å². The van der Waals surface area contributed by atoms with Crippen LogP contribution < -0.4 is 0 Å². The highest BCUT2D eigenvalue weighted by atomic mass is 16.5. The van der Waals surface area contributed by atoms with Crippen LogP contribution in [0.15, 0.2) is 24.5 Å². The molecule has 0 unspecified atom stereocenters. The Labute approximate surface area is 85.3 Å². The largest absolute Gasteiger partial charge is 0.465 e. The Kier molecular flexibility index (Phi) is 2.21. The third-order valence-electron chi connectivity index (χ3n) is 2.10. The molecule has 2 aromatic heterocycles. The number of methoxy groups -OCH3 is 1. The number of aldehydes is 1. The lowest BCUT2D eigenvalue weighted by molar-refractivity contribution is 0.0603. The quantitative estimate of drug-likeness (QED) is 0.539. The molecule has 0 saturated heterocycles. The molecular formula is C10H8N2O3. The minimum atomic E-state index is -0.501. The second-order valence-corrected chi connectivity index (χ2v) is 2.92. The van der Waals surface area contributed by atoms with Crippen molar-refractivity contribution in [1.82, 2.24) is 9.61 Å². The molecule has 2 heterocycles. The molecule has 0 saturated carbocycles. The maximum atomic E-state index is 11.4. The number of nitrogens with zero attached hydrogens (tertiary/aromatic N) is 2. The Morgan fingerprint density at radius 1 is 1.60 bits per heavy atom. The molecule has 0 aliphatic carbocycles. The van der Waals surface area contributed by atoms with Crippen molar-refractivity contribution in [3.05, 3.63) is 35.7 Å². The van der Waals surface area contributed by atoms with E-state index < -0.39 is 5.97 Å². The molecule has 0 amide bonds. The summed E-state index contributed by atoms with van der Waals surface area (Å²) < 4.78 is 6.06. The molecule has 5 heteroatoms. The van der Waals surface area contributed by atoms with Gasteiger partial charge in [-0.15, -0.1) is 0 Å². The van der Waals surface area contributed by atoms with Crippen LogP contribution in [0.2, 0.25) is 0 Å². The summed E-state index contributed by atoms with van der Waals surface area (Å²) in [6.07, 6.45) is 3.73. The minimum absolute atomic E-state index is 0.292. The van der Waals surface area contributed by atoms with Crippen molar-refractivity contribution in [3.8, 4) is 0 Å². The van der Waals surface area contributed by atoms with Gasteiger partial charge in [0.25, 0.3) is 0 Å². The van der Waals surface area contributed by atoms with Crippen LogP contribution in [0.25, 0.3) is 5.52 Å². The molecule has 2 rings (SSSR count). The standard InChI is InChI=1S/C10H8N2O3/c1-15-10(14)8-5-11-12-4-2-3-7(6-13)9(8)12/h2-6H,1H3. The van der Waals surface area contributed by atoms with E-state index in [0.717, 1.165) is 0 Å². The molecule has 15 heavy (non-hydrogen) atoms. The van der Waals surface area contributed by atoms with Gasteiger partial charge in [0.1, 0.15) is 5.56 Å². The molecule has 0 N–H and O–H groups in total. The van der Waals surface area contributed by atoms with Crippen LogP contribution in [-0.4, -0.2) is 29.0 Å². The van der Waals surface area contributed by atoms with E-state index in [2.05, 4.69) is 9.84 Å². The monoisotopic (exact) mass is 204 g/mol. The Balaban J connectivity index is 2.76. The van der Waals surface area contributed by atoms with Crippen molar-refractivity contribution in [2.24, 2.45) is 0 Å². The molecule has 0 fully saturated rings. The fourth-order valence-electron chi connectivity index (χ4n) is 1.42. The summed E-state index contributed by atoms with van der Waals surface area (Å²) >= 11 is 0. The lowest BCUT2D eigenvalue weighted by Gasteiger charge is -1.99. The fraction of sp³-hybridized carbons (Fsp3) is 0.100. The number of esters is 1. The first-order valence-electron chi connectivity index (χ1n) is 4.27. The molecule has 0 atom stereocenters. The number of aromatic nitrogens is 2. The molecule has 0 radical (unpaired) electrons. The van der Waals surface area contributed by atoms with Gasteiger partial charge in [0, 0.05) is 11.8 Å².